The van der Waals surface area contributed by atoms with Crippen LogP contribution >= 0.6 is 23.2 Å². The third-order valence-electron chi connectivity index (χ3n) is 2.61. The first-order chi connectivity index (χ1) is 7.97. The monoisotopic (exact) mass is 274 g/mol. The number of benzene rings is 1. The molecule has 1 aromatic carbocycles. The van der Waals surface area contributed by atoms with Crippen molar-refractivity contribution in [2.45, 2.75) is 13.8 Å². The molecular weight excluding hydrogens is 259 g/mol. The summed E-state index contributed by atoms with van der Waals surface area (Å²) in [5.74, 6) is -0.235. The van der Waals surface area contributed by atoms with Gasteiger partial charge in [-0.15, -0.1) is 0 Å². The summed E-state index contributed by atoms with van der Waals surface area (Å²) in [6, 6.07) is 5.08. The molecule has 0 aliphatic heterocycles. The number of hydrogen-bond acceptors (Lipinski definition) is 2. The van der Waals surface area contributed by atoms with Crippen molar-refractivity contribution >= 4 is 34.8 Å². The van der Waals surface area contributed by atoms with E-state index in [4.69, 9.17) is 28.9 Å². The lowest BCUT2D eigenvalue weighted by Crippen LogP contribution is -2.33. The highest BCUT2D eigenvalue weighted by Crippen LogP contribution is 2.30. The van der Waals surface area contributed by atoms with Gasteiger partial charge in [0.25, 0.3) is 0 Å². The molecule has 5 heteroatoms. The minimum Gasteiger partial charge on any atom is -0.330 e. The third kappa shape index (κ3) is 3.60. The van der Waals surface area contributed by atoms with Crippen molar-refractivity contribution in [3.05, 3.63) is 28.2 Å². The van der Waals surface area contributed by atoms with Crippen LogP contribution in [0.4, 0.5) is 5.69 Å². The first-order valence-corrected chi connectivity index (χ1v) is 6.18. The maximum Gasteiger partial charge on any atom is 0.229 e. The average molecular weight is 275 g/mol. The summed E-state index contributed by atoms with van der Waals surface area (Å²) in [6.07, 6.45) is 0. The second-order valence-corrected chi connectivity index (χ2v) is 4.99. The second kappa shape index (κ2) is 6.24. The molecule has 1 aromatic rings. The lowest BCUT2D eigenvalue weighted by molar-refractivity contribution is -0.120. The highest BCUT2D eigenvalue weighted by molar-refractivity contribution is 6.39. The van der Waals surface area contributed by atoms with Gasteiger partial charge in [0.15, 0.2) is 0 Å². The molecular formula is C12H16Cl2N2O. The summed E-state index contributed by atoms with van der Waals surface area (Å²) in [4.78, 5) is 12.0. The number of para-hydroxylation sites is 1. The van der Waals surface area contributed by atoms with Crippen LogP contribution in [-0.2, 0) is 4.79 Å². The van der Waals surface area contributed by atoms with Gasteiger partial charge in [-0.2, -0.15) is 0 Å². The number of anilines is 1. The predicted molar refractivity (Wildman–Crippen MR) is 72.5 cm³/mol. The summed E-state index contributed by atoms with van der Waals surface area (Å²) < 4.78 is 0. The summed E-state index contributed by atoms with van der Waals surface area (Å²) in [7, 11) is 0. The van der Waals surface area contributed by atoms with Crippen molar-refractivity contribution in [1.82, 2.24) is 0 Å². The van der Waals surface area contributed by atoms with Crippen LogP contribution in [0, 0.1) is 11.8 Å². The van der Waals surface area contributed by atoms with Gasteiger partial charge in [0.2, 0.25) is 5.91 Å². The number of halogens is 2. The number of rotatable bonds is 4. The summed E-state index contributed by atoms with van der Waals surface area (Å²) in [6.45, 7) is 4.20. The molecule has 17 heavy (non-hydrogen) atoms. The fraction of sp³-hybridized carbons (Fsp3) is 0.417. The number of hydrogen-bond donors (Lipinski definition) is 2. The van der Waals surface area contributed by atoms with E-state index in [9.17, 15) is 4.79 Å². The number of nitrogens with one attached hydrogen (secondary N) is 1. The molecule has 0 bridgehead atoms. The Kier molecular flexibility index (Phi) is 5.25. The molecule has 0 aliphatic rings. The molecule has 0 aliphatic carbocycles. The van der Waals surface area contributed by atoms with Gasteiger partial charge in [-0.3, -0.25) is 4.79 Å². The average Bonchev–Trinajstić information content (AvgIpc) is 2.24. The van der Waals surface area contributed by atoms with Gasteiger partial charge in [-0.1, -0.05) is 43.1 Å². The molecule has 0 saturated carbocycles. The number of amides is 1. The van der Waals surface area contributed by atoms with Crippen molar-refractivity contribution in [1.29, 1.82) is 0 Å². The lowest BCUT2D eigenvalue weighted by atomic mass is 9.95. The molecule has 3 N–H and O–H groups in total. The second-order valence-electron chi connectivity index (χ2n) is 4.17. The minimum absolute atomic E-state index is 0.155. The molecule has 0 radical (unpaired) electrons. The Morgan fingerprint density at radius 1 is 1.35 bits per heavy atom. The fourth-order valence-electron chi connectivity index (χ4n) is 1.52. The van der Waals surface area contributed by atoms with Crippen molar-refractivity contribution < 1.29 is 4.79 Å². The Balaban J connectivity index is 2.87. The molecule has 3 nitrogen and oxygen atoms in total. The SMILES string of the molecule is CC(C)C(CN)C(=O)Nc1c(Cl)cccc1Cl. The maximum atomic E-state index is 12.0. The summed E-state index contributed by atoms with van der Waals surface area (Å²) >= 11 is 11.9. The van der Waals surface area contributed by atoms with Gasteiger partial charge in [0.1, 0.15) is 0 Å². The van der Waals surface area contributed by atoms with Crippen LogP contribution in [0.25, 0.3) is 0 Å². The first kappa shape index (κ1) is 14.3. The van der Waals surface area contributed by atoms with Gasteiger partial charge in [-0.05, 0) is 18.1 Å². The number of carbonyl (C=O) groups excluding carboxylic acids is 1. The Bertz CT molecular complexity index is 387. The molecule has 1 amide bonds. The zero-order valence-electron chi connectivity index (χ0n) is 9.84. The molecule has 0 aromatic heterocycles. The van der Waals surface area contributed by atoms with Gasteiger partial charge in [-0.25, -0.2) is 0 Å². The molecule has 1 unspecified atom stereocenters. The Morgan fingerprint density at radius 2 is 1.88 bits per heavy atom. The van der Waals surface area contributed by atoms with Gasteiger partial charge in [0.05, 0.1) is 21.7 Å². The van der Waals surface area contributed by atoms with Gasteiger partial charge < -0.3 is 11.1 Å². The Labute approximate surface area is 111 Å². The standard InChI is InChI=1S/C12H16Cl2N2O/c1-7(2)8(6-15)12(17)16-11-9(13)4-3-5-10(11)14/h3-5,7-8H,6,15H2,1-2H3,(H,16,17). The zero-order chi connectivity index (χ0) is 13.0. The van der Waals surface area contributed by atoms with Crippen LogP contribution in [0.3, 0.4) is 0 Å². The van der Waals surface area contributed by atoms with E-state index in [0.29, 0.717) is 22.3 Å². The van der Waals surface area contributed by atoms with E-state index >= 15 is 0 Å². The molecule has 0 heterocycles. The maximum absolute atomic E-state index is 12.0. The van der Waals surface area contributed by atoms with E-state index < -0.39 is 0 Å². The zero-order valence-corrected chi connectivity index (χ0v) is 11.3. The minimum atomic E-state index is -0.248. The summed E-state index contributed by atoms with van der Waals surface area (Å²) in [5, 5.41) is 3.57. The van der Waals surface area contributed by atoms with Crippen LogP contribution in [0.15, 0.2) is 18.2 Å². The normalized spacial score (nSPS) is 12.6. The van der Waals surface area contributed by atoms with Gasteiger partial charge >= 0.3 is 0 Å². The predicted octanol–water partition coefficient (Wildman–Crippen LogP) is 3.16. The molecule has 0 fully saturated rings. The van der Waals surface area contributed by atoms with Crippen molar-refractivity contribution in [3.63, 3.8) is 0 Å². The van der Waals surface area contributed by atoms with Crippen LogP contribution in [0.1, 0.15) is 13.8 Å². The largest absolute Gasteiger partial charge is 0.330 e. The lowest BCUT2D eigenvalue weighted by Gasteiger charge is -2.19. The van der Waals surface area contributed by atoms with Crippen molar-refractivity contribution in [2.24, 2.45) is 17.6 Å². The fourth-order valence-corrected chi connectivity index (χ4v) is 2.01. The van der Waals surface area contributed by atoms with Crippen LogP contribution < -0.4 is 11.1 Å². The quantitative estimate of drug-likeness (QED) is 0.886. The Morgan fingerprint density at radius 3 is 2.29 bits per heavy atom. The number of nitrogens with two attached hydrogens (primary N) is 1. The molecule has 0 spiro atoms. The van der Waals surface area contributed by atoms with Crippen molar-refractivity contribution in [2.75, 3.05) is 11.9 Å². The highest BCUT2D eigenvalue weighted by atomic mass is 35.5. The summed E-state index contributed by atoms with van der Waals surface area (Å²) in [5.41, 5.74) is 6.02. The van der Waals surface area contributed by atoms with E-state index in [1.54, 1.807) is 18.2 Å². The van der Waals surface area contributed by atoms with Gasteiger partial charge in [0, 0.05) is 6.54 Å². The first-order valence-electron chi connectivity index (χ1n) is 5.42. The molecule has 1 atom stereocenters. The van der Waals surface area contributed by atoms with E-state index in [0.717, 1.165) is 0 Å². The topological polar surface area (TPSA) is 55.1 Å². The van der Waals surface area contributed by atoms with Crippen LogP contribution in [-0.4, -0.2) is 12.5 Å². The number of carbonyl (C=O) groups is 1. The van der Waals surface area contributed by atoms with Crippen LogP contribution in [0.5, 0.6) is 0 Å². The third-order valence-corrected chi connectivity index (χ3v) is 3.24. The van der Waals surface area contributed by atoms with E-state index in [-0.39, 0.29) is 17.7 Å². The Hall–Kier alpha value is -0.770. The van der Waals surface area contributed by atoms with Crippen molar-refractivity contribution in [3.8, 4) is 0 Å². The highest BCUT2D eigenvalue weighted by Gasteiger charge is 2.21. The van der Waals surface area contributed by atoms with E-state index in [1.165, 1.54) is 0 Å². The van der Waals surface area contributed by atoms with Crippen LogP contribution in [0.2, 0.25) is 10.0 Å². The van der Waals surface area contributed by atoms with E-state index in [2.05, 4.69) is 5.32 Å². The van der Waals surface area contributed by atoms with E-state index in [1.807, 2.05) is 13.8 Å². The smallest absolute Gasteiger partial charge is 0.229 e. The molecule has 94 valence electrons. The molecule has 1 rings (SSSR count). The molecule has 0 saturated heterocycles.